The third-order valence-corrected chi connectivity index (χ3v) is 3.28. The van der Waals surface area contributed by atoms with Crippen LogP contribution in [-0.2, 0) is 6.54 Å². The second kappa shape index (κ2) is 6.19. The molecule has 1 aliphatic carbocycles. The normalized spacial score (nSPS) is 15.1. The number of nitrogens with zero attached hydrogens (tertiary/aromatic N) is 2. The summed E-state index contributed by atoms with van der Waals surface area (Å²) in [5, 5.41) is 3.42. The van der Waals surface area contributed by atoms with Gasteiger partial charge in [0, 0.05) is 37.1 Å². The van der Waals surface area contributed by atoms with Crippen molar-refractivity contribution in [2.75, 3.05) is 11.4 Å². The van der Waals surface area contributed by atoms with Crippen molar-refractivity contribution in [1.29, 1.82) is 0 Å². The van der Waals surface area contributed by atoms with E-state index in [0.29, 0.717) is 6.04 Å². The lowest BCUT2D eigenvalue weighted by molar-refractivity contribution is 0.581. The molecule has 1 heterocycles. The molecule has 1 N–H and O–H groups in total. The molecule has 3 heteroatoms. The maximum absolute atomic E-state index is 4.44. The van der Waals surface area contributed by atoms with Gasteiger partial charge in [0.15, 0.2) is 0 Å². The van der Waals surface area contributed by atoms with Gasteiger partial charge in [0.25, 0.3) is 0 Å². The molecule has 2 rings (SSSR count). The number of hydrogen-bond donors (Lipinski definition) is 1. The Balaban J connectivity index is 2.04. The largest absolute Gasteiger partial charge is 0.368 e. The van der Waals surface area contributed by atoms with Crippen LogP contribution in [0.1, 0.15) is 45.7 Å². The minimum atomic E-state index is 0.505. The zero-order valence-corrected chi connectivity index (χ0v) is 11.8. The van der Waals surface area contributed by atoms with Crippen LogP contribution in [0, 0.1) is 0 Å². The first-order valence-corrected chi connectivity index (χ1v) is 7.15. The molecule has 100 valence electrons. The lowest BCUT2D eigenvalue weighted by atomic mass is 10.2. The van der Waals surface area contributed by atoms with Gasteiger partial charge < -0.3 is 10.2 Å². The van der Waals surface area contributed by atoms with E-state index in [1.54, 1.807) is 0 Å². The molecule has 0 unspecified atom stereocenters. The third kappa shape index (κ3) is 3.70. The molecule has 1 aliphatic rings. The first-order chi connectivity index (χ1) is 8.70. The highest BCUT2D eigenvalue weighted by molar-refractivity contribution is 5.48. The van der Waals surface area contributed by atoms with Gasteiger partial charge in [-0.25, -0.2) is 0 Å². The van der Waals surface area contributed by atoms with E-state index in [9.17, 15) is 0 Å². The molecule has 3 nitrogen and oxygen atoms in total. The molecule has 0 amide bonds. The molecule has 0 aliphatic heterocycles. The average molecular weight is 247 g/mol. The summed E-state index contributed by atoms with van der Waals surface area (Å²) >= 11 is 0. The van der Waals surface area contributed by atoms with E-state index in [1.165, 1.54) is 24.9 Å². The van der Waals surface area contributed by atoms with Gasteiger partial charge in [0.1, 0.15) is 0 Å². The van der Waals surface area contributed by atoms with E-state index in [1.807, 2.05) is 6.20 Å². The predicted molar refractivity (Wildman–Crippen MR) is 76.9 cm³/mol. The number of aromatic nitrogens is 1. The number of anilines is 1. The first-order valence-electron chi connectivity index (χ1n) is 7.15. The Morgan fingerprint density at radius 3 is 2.83 bits per heavy atom. The Morgan fingerprint density at radius 1 is 1.44 bits per heavy atom. The van der Waals surface area contributed by atoms with Crippen molar-refractivity contribution in [2.24, 2.45) is 0 Å². The van der Waals surface area contributed by atoms with Gasteiger partial charge in [0.2, 0.25) is 0 Å². The molecule has 0 spiro atoms. The molecule has 1 aromatic heterocycles. The van der Waals surface area contributed by atoms with Crippen LogP contribution in [-0.4, -0.2) is 23.6 Å². The van der Waals surface area contributed by atoms with E-state index in [0.717, 1.165) is 24.8 Å². The highest BCUT2D eigenvalue weighted by Crippen LogP contribution is 2.31. The number of rotatable bonds is 7. The molecule has 0 saturated heterocycles. The van der Waals surface area contributed by atoms with Crippen molar-refractivity contribution in [2.45, 2.75) is 58.7 Å². The van der Waals surface area contributed by atoms with Gasteiger partial charge in [-0.1, -0.05) is 20.8 Å². The van der Waals surface area contributed by atoms with Crippen molar-refractivity contribution >= 4 is 5.69 Å². The smallest absolute Gasteiger partial charge is 0.0562 e. The Hall–Kier alpha value is -1.09. The Morgan fingerprint density at radius 2 is 2.22 bits per heavy atom. The number of nitrogens with one attached hydrogen (secondary N) is 1. The maximum atomic E-state index is 4.44. The Labute approximate surface area is 111 Å². The number of pyridine rings is 1. The quantitative estimate of drug-likeness (QED) is 0.803. The molecular weight excluding hydrogens is 222 g/mol. The molecule has 1 fully saturated rings. The summed E-state index contributed by atoms with van der Waals surface area (Å²) in [6, 6.07) is 5.67. The standard InChI is InChI=1S/C15H25N3/c1-4-9-18(14-5-6-14)15-7-8-16-13(10-15)11-17-12(2)3/h7-8,10,12,14,17H,4-6,9,11H2,1-3H3. The summed E-state index contributed by atoms with van der Waals surface area (Å²) in [7, 11) is 0. The average Bonchev–Trinajstić information content (AvgIpc) is 3.18. The van der Waals surface area contributed by atoms with E-state index >= 15 is 0 Å². The summed E-state index contributed by atoms with van der Waals surface area (Å²) in [5.74, 6) is 0. The predicted octanol–water partition coefficient (Wildman–Crippen LogP) is 2.96. The van der Waals surface area contributed by atoms with Crippen LogP contribution in [0.4, 0.5) is 5.69 Å². The molecule has 0 radical (unpaired) electrons. The van der Waals surface area contributed by atoms with Crippen LogP contribution < -0.4 is 10.2 Å². The van der Waals surface area contributed by atoms with E-state index in [2.05, 4.69) is 48.1 Å². The monoisotopic (exact) mass is 247 g/mol. The lowest BCUT2D eigenvalue weighted by Gasteiger charge is -2.24. The van der Waals surface area contributed by atoms with Gasteiger partial charge in [-0.15, -0.1) is 0 Å². The minimum absolute atomic E-state index is 0.505. The van der Waals surface area contributed by atoms with Crippen LogP contribution in [0.25, 0.3) is 0 Å². The molecule has 1 saturated carbocycles. The summed E-state index contributed by atoms with van der Waals surface area (Å²) in [6.07, 6.45) is 5.85. The third-order valence-electron chi connectivity index (χ3n) is 3.28. The molecule has 0 atom stereocenters. The Kier molecular flexibility index (Phi) is 4.59. The van der Waals surface area contributed by atoms with E-state index < -0.39 is 0 Å². The van der Waals surface area contributed by atoms with E-state index in [4.69, 9.17) is 0 Å². The molecule has 0 bridgehead atoms. The van der Waals surface area contributed by atoms with Crippen LogP contribution in [0.15, 0.2) is 18.3 Å². The fourth-order valence-corrected chi connectivity index (χ4v) is 2.20. The second-order valence-electron chi connectivity index (χ2n) is 5.47. The fraction of sp³-hybridized carbons (Fsp3) is 0.667. The number of hydrogen-bond acceptors (Lipinski definition) is 3. The van der Waals surface area contributed by atoms with Crippen molar-refractivity contribution < 1.29 is 0 Å². The summed E-state index contributed by atoms with van der Waals surface area (Å²) in [6.45, 7) is 8.59. The molecule has 1 aromatic rings. The van der Waals surface area contributed by atoms with E-state index in [-0.39, 0.29) is 0 Å². The first kappa shape index (κ1) is 13.3. The highest BCUT2D eigenvalue weighted by atomic mass is 15.2. The van der Waals surface area contributed by atoms with Gasteiger partial charge in [0.05, 0.1) is 5.69 Å². The van der Waals surface area contributed by atoms with Gasteiger partial charge in [-0.3, -0.25) is 4.98 Å². The van der Waals surface area contributed by atoms with Crippen molar-refractivity contribution in [3.8, 4) is 0 Å². The van der Waals surface area contributed by atoms with Crippen LogP contribution in [0.3, 0.4) is 0 Å². The van der Waals surface area contributed by atoms with Gasteiger partial charge in [-0.05, 0) is 31.4 Å². The van der Waals surface area contributed by atoms with Crippen LogP contribution >= 0.6 is 0 Å². The minimum Gasteiger partial charge on any atom is -0.368 e. The molecule has 18 heavy (non-hydrogen) atoms. The van der Waals surface area contributed by atoms with Crippen LogP contribution in [0.2, 0.25) is 0 Å². The lowest BCUT2D eigenvalue weighted by Crippen LogP contribution is -2.27. The van der Waals surface area contributed by atoms with Crippen molar-refractivity contribution in [3.63, 3.8) is 0 Å². The summed E-state index contributed by atoms with van der Waals surface area (Å²) < 4.78 is 0. The van der Waals surface area contributed by atoms with Gasteiger partial charge >= 0.3 is 0 Å². The highest BCUT2D eigenvalue weighted by Gasteiger charge is 2.28. The van der Waals surface area contributed by atoms with Crippen molar-refractivity contribution in [3.05, 3.63) is 24.0 Å². The summed E-state index contributed by atoms with van der Waals surface area (Å²) in [4.78, 5) is 6.99. The van der Waals surface area contributed by atoms with Crippen molar-refractivity contribution in [1.82, 2.24) is 10.3 Å². The Bertz CT molecular complexity index is 372. The maximum Gasteiger partial charge on any atom is 0.0562 e. The van der Waals surface area contributed by atoms with Gasteiger partial charge in [-0.2, -0.15) is 0 Å². The molecular formula is C15H25N3. The fourth-order valence-electron chi connectivity index (χ4n) is 2.20. The molecule has 0 aromatic carbocycles. The topological polar surface area (TPSA) is 28.2 Å². The SMILES string of the molecule is CCCN(c1ccnc(CNC(C)C)c1)C1CC1. The zero-order valence-electron chi connectivity index (χ0n) is 11.8. The summed E-state index contributed by atoms with van der Waals surface area (Å²) in [5.41, 5.74) is 2.48. The zero-order chi connectivity index (χ0) is 13.0. The van der Waals surface area contributed by atoms with Crippen LogP contribution in [0.5, 0.6) is 0 Å². The second-order valence-corrected chi connectivity index (χ2v) is 5.47.